The van der Waals surface area contributed by atoms with E-state index in [0.29, 0.717) is 30.1 Å². The smallest absolute Gasteiger partial charge is 0.340 e. The first-order valence-corrected chi connectivity index (χ1v) is 11.5. The fraction of sp³-hybridized carbons (Fsp3) is 0.320. The van der Waals surface area contributed by atoms with Crippen LogP contribution in [-0.4, -0.2) is 28.6 Å². The summed E-state index contributed by atoms with van der Waals surface area (Å²) in [5.74, 6) is -1.35. The molecule has 32 heavy (non-hydrogen) atoms. The fourth-order valence-corrected chi connectivity index (χ4v) is 4.97. The lowest BCUT2D eigenvalue weighted by Crippen LogP contribution is -2.37. The molecule has 2 atom stereocenters. The minimum Gasteiger partial charge on any atom is -0.479 e. The summed E-state index contributed by atoms with van der Waals surface area (Å²) in [5.41, 5.74) is 0.465. The molecule has 1 unspecified atom stereocenters. The van der Waals surface area contributed by atoms with Crippen LogP contribution in [0.15, 0.2) is 66.2 Å². The number of rotatable bonds is 7. The summed E-state index contributed by atoms with van der Waals surface area (Å²) in [5, 5.41) is 15.1. The average molecular weight is 451 g/mol. The van der Waals surface area contributed by atoms with E-state index in [1.165, 1.54) is 11.3 Å². The van der Waals surface area contributed by atoms with Crippen molar-refractivity contribution in [1.29, 1.82) is 0 Å². The molecule has 1 amide bonds. The van der Waals surface area contributed by atoms with Gasteiger partial charge in [-0.3, -0.25) is 4.79 Å². The number of hydrogen-bond donors (Lipinski definition) is 2. The van der Waals surface area contributed by atoms with Crippen LogP contribution in [0.4, 0.5) is 5.13 Å². The predicted molar refractivity (Wildman–Crippen MR) is 124 cm³/mol. The van der Waals surface area contributed by atoms with Gasteiger partial charge in [0.1, 0.15) is 0 Å². The standard InChI is InChI=1S/C25H26N2O4S/c1-24(2,21(28)27-23-26-14-16-32-23)20(17-7-4-3-5-8-17)18-9-11-19(12-10-18)25(22(29)30)13-6-15-31-25/h3-5,7-12,14,16,20H,6,13,15H2,1-2H3,(H,29,30)(H,26,27,28)/t20-,25?/m0/s1. The van der Waals surface area contributed by atoms with Gasteiger partial charge in [0, 0.05) is 24.1 Å². The van der Waals surface area contributed by atoms with Gasteiger partial charge in [-0.1, -0.05) is 68.4 Å². The van der Waals surface area contributed by atoms with Crippen LogP contribution in [0.5, 0.6) is 0 Å². The molecule has 4 rings (SSSR count). The molecule has 2 heterocycles. The summed E-state index contributed by atoms with van der Waals surface area (Å²) in [6, 6.07) is 17.3. The Morgan fingerprint density at radius 1 is 1.12 bits per heavy atom. The van der Waals surface area contributed by atoms with Crippen molar-refractivity contribution in [3.8, 4) is 0 Å². The molecule has 1 fully saturated rings. The van der Waals surface area contributed by atoms with Crippen LogP contribution in [0.3, 0.4) is 0 Å². The molecular formula is C25H26N2O4S. The van der Waals surface area contributed by atoms with E-state index >= 15 is 0 Å². The minimum absolute atomic E-state index is 0.133. The zero-order valence-electron chi connectivity index (χ0n) is 18.1. The second-order valence-corrected chi connectivity index (χ2v) is 9.46. The fourth-order valence-electron chi connectivity index (χ4n) is 4.45. The highest BCUT2D eigenvalue weighted by atomic mass is 32.1. The lowest BCUT2D eigenvalue weighted by Gasteiger charge is -2.34. The van der Waals surface area contributed by atoms with Gasteiger partial charge in [-0.05, 0) is 29.5 Å². The number of carbonyl (C=O) groups is 2. The van der Waals surface area contributed by atoms with Gasteiger partial charge in [0.15, 0.2) is 10.7 Å². The van der Waals surface area contributed by atoms with E-state index in [9.17, 15) is 14.7 Å². The van der Waals surface area contributed by atoms with E-state index in [0.717, 1.165) is 11.1 Å². The molecule has 0 bridgehead atoms. The van der Waals surface area contributed by atoms with Crippen LogP contribution < -0.4 is 5.32 Å². The van der Waals surface area contributed by atoms with E-state index < -0.39 is 17.0 Å². The SMILES string of the molecule is CC(C)(C(=O)Nc1nccs1)[C@@H](c1ccccc1)c1ccc(C2(C(=O)O)CCCO2)cc1. The van der Waals surface area contributed by atoms with Crippen LogP contribution in [0.25, 0.3) is 0 Å². The van der Waals surface area contributed by atoms with Gasteiger partial charge in [0.2, 0.25) is 5.91 Å². The number of aliphatic carboxylic acids is 1. The first-order chi connectivity index (χ1) is 15.3. The Hall–Kier alpha value is -3.03. The number of nitrogens with one attached hydrogen (secondary N) is 1. The maximum atomic E-state index is 13.3. The number of ether oxygens (including phenoxy) is 1. The Kier molecular flexibility index (Phi) is 6.13. The van der Waals surface area contributed by atoms with Crippen molar-refractivity contribution in [3.05, 3.63) is 82.9 Å². The van der Waals surface area contributed by atoms with Crippen LogP contribution in [-0.2, 0) is 19.9 Å². The van der Waals surface area contributed by atoms with Gasteiger partial charge in [0.25, 0.3) is 0 Å². The number of carboxylic acids is 1. The van der Waals surface area contributed by atoms with Crippen molar-refractivity contribution in [2.75, 3.05) is 11.9 Å². The quantitative estimate of drug-likeness (QED) is 0.527. The zero-order valence-corrected chi connectivity index (χ0v) is 18.9. The second-order valence-electron chi connectivity index (χ2n) is 8.56. The van der Waals surface area contributed by atoms with Gasteiger partial charge in [-0.2, -0.15) is 0 Å². The van der Waals surface area contributed by atoms with Crippen molar-refractivity contribution < 1.29 is 19.4 Å². The summed E-state index contributed by atoms with van der Waals surface area (Å²) in [6.07, 6.45) is 2.82. The van der Waals surface area contributed by atoms with E-state index in [-0.39, 0.29) is 11.8 Å². The van der Waals surface area contributed by atoms with Crippen molar-refractivity contribution in [3.63, 3.8) is 0 Å². The van der Waals surface area contributed by atoms with Crippen molar-refractivity contribution in [1.82, 2.24) is 4.98 Å². The molecule has 0 saturated carbocycles. The van der Waals surface area contributed by atoms with Crippen LogP contribution in [0.1, 0.15) is 49.3 Å². The number of benzene rings is 2. The molecule has 1 aliphatic rings. The first-order valence-electron chi connectivity index (χ1n) is 10.6. The monoisotopic (exact) mass is 450 g/mol. The summed E-state index contributed by atoms with van der Waals surface area (Å²) in [7, 11) is 0. The van der Waals surface area contributed by atoms with Gasteiger partial charge >= 0.3 is 5.97 Å². The molecule has 7 heteroatoms. The minimum atomic E-state index is -1.29. The first kappa shape index (κ1) is 22.2. The third-order valence-corrected chi connectivity index (χ3v) is 6.86. The Labute approximate surface area is 191 Å². The molecule has 1 aromatic heterocycles. The average Bonchev–Trinajstić information content (AvgIpc) is 3.48. The molecule has 0 aliphatic carbocycles. The Morgan fingerprint density at radius 3 is 2.38 bits per heavy atom. The molecule has 1 aliphatic heterocycles. The number of anilines is 1. The molecular weight excluding hydrogens is 424 g/mol. The molecule has 2 aromatic carbocycles. The van der Waals surface area contributed by atoms with Gasteiger partial charge < -0.3 is 15.2 Å². The highest BCUT2D eigenvalue weighted by molar-refractivity contribution is 7.13. The molecule has 1 saturated heterocycles. The Bertz CT molecular complexity index is 1070. The number of amides is 1. The lowest BCUT2D eigenvalue weighted by molar-refractivity contribution is -0.161. The lowest BCUT2D eigenvalue weighted by atomic mass is 9.70. The normalized spacial score (nSPS) is 19.4. The molecule has 3 aromatic rings. The number of thiazole rings is 1. The third kappa shape index (κ3) is 4.06. The van der Waals surface area contributed by atoms with Gasteiger partial charge in [0.05, 0.1) is 5.41 Å². The summed E-state index contributed by atoms with van der Waals surface area (Å²) < 4.78 is 5.67. The van der Waals surface area contributed by atoms with Crippen molar-refractivity contribution >= 4 is 28.3 Å². The largest absolute Gasteiger partial charge is 0.479 e. The highest BCUT2D eigenvalue weighted by Gasteiger charge is 2.45. The Balaban J connectivity index is 1.71. The maximum absolute atomic E-state index is 13.3. The van der Waals surface area contributed by atoms with Crippen LogP contribution in [0.2, 0.25) is 0 Å². The molecule has 166 valence electrons. The summed E-state index contributed by atoms with van der Waals surface area (Å²) in [4.78, 5) is 29.4. The summed E-state index contributed by atoms with van der Waals surface area (Å²) in [6.45, 7) is 4.27. The maximum Gasteiger partial charge on any atom is 0.340 e. The number of nitrogens with zero attached hydrogens (tertiary/aromatic N) is 1. The third-order valence-electron chi connectivity index (χ3n) is 6.17. The van der Waals surface area contributed by atoms with Crippen LogP contribution in [0, 0.1) is 5.41 Å². The van der Waals surface area contributed by atoms with Gasteiger partial charge in [-0.15, -0.1) is 11.3 Å². The highest BCUT2D eigenvalue weighted by Crippen LogP contribution is 2.43. The number of aromatic nitrogens is 1. The number of carboxylic acid groups (broad SMARTS) is 1. The van der Waals surface area contributed by atoms with E-state index in [2.05, 4.69) is 10.3 Å². The van der Waals surface area contributed by atoms with E-state index in [1.54, 1.807) is 6.20 Å². The second kappa shape index (κ2) is 8.84. The molecule has 6 nitrogen and oxygen atoms in total. The number of hydrogen-bond acceptors (Lipinski definition) is 5. The van der Waals surface area contributed by atoms with Crippen molar-refractivity contribution in [2.24, 2.45) is 5.41 Å². The predicted octanol–water partition coefficient (Wildman–Crippen LogP) is 5.03. The van der Waals surface area contributed by atoms with E-state index in [4.69, 9.17) is 4.74 Å². The zero-order chi connectivity index (χ0) is 22.8. The number of carbonyl (C=O) groups excluding carboxylic acids is 1. The van der Waals surface area contributed by atoms with Crippen LogP contribution >= 0.6 is 11.3 Å². The van der Waals surface area contributed by atoms with Gasteiger partial charge in [-0.25, -0.2) is 9.78 Å². The Morgan fingerprint density at radius 2 is 1.81 bits per heavy atom. The molecule has 0 spiro atoms. The van der Waals surface area contributed by atoms with E-state index in [1.807, 2.05) is 73.8 Å². The van der Waals surface area contributed by atoms with Crippen molar-refractivity contribution in [2.45, 2.75) is 38.2 Å². The molecule has 0 radical (unpaired) electrons. The summed E-state index contributed by atoms with van der Waals surface area (Å²) >= 11 is 1.38. The molecule has 2 N–H and O–H groups in total. The topological polar surface area (TPSA) is 88.5 Å².